The van der Waals surface area contributed by atoms with Gasteiger partial charge in [0.1, 0.15) is 4.21 Å². The molecule has 1 fully saturated rings. The normalized spacial score (nSPS) is 16.7. The highest BCUT2D eigenvalue weighted by Crippen LogP contribution is 2.24. The van der Waals surface area contributed by atoms with E-state index in [4.69, 9.17) is 0 Å². The van der Waals surface area contributed by atoms with Gasteiger partial charge >= 0.3 is 0 Å². The average Bonchev–Trinajstić information content (AvgIpc) is 3.45. The number of guanidine groups is 1. The topological polar surface area (TPSA) is 85.8 Å². The Morgan fingerprint density at radius 2 is 1.86 bits per heavy atom. The van der Waals surface area contributed by atoms with Crippen molar-refractivity contribution in [1.82, 2.24) is 20.3 Å². The Bertz CT molecular complexity index is 864. The number of benzene rings is 1. The van der Waals surface area contributed by atoms with Crippen molar-refractivity contribution < 1.29 is 8.42 Å². The summed E-state index contributed by atoms with van der Waals surface area (Å²) in [4.78, 5) is 6.77. The summed E-state index contributed by atoms with van der Waals surface area (Å²) in [6.45, 7) is 3.69. The number of nitrogens with zero attached hydrogens (tertiary/aromatic N) is 2. The first-order valence-electron chi connectivity index (χ1n) is 9.87. The lowest BCUT2D eigenvalue weighted by Gasteiger charge is -2.29. The third kappa shape index (κ3) is 6.27. The molecule has 1 aromatic carbocycles. The average molecular weight is 436 g/mol. The standard InChI is InChI=1S/C20H29N5O2S2/c1-21-20(22-11-12-24-29(26,27)19-10-7-15-28-19)23-16-18(25-13-5-6-14-25)17-8-3-2-4-9-17/h2-4,7-10,15,18,24H,5-6,11-14,16H2,1H3,(H2,21,22,23). The second-order valence-corrected chi connectivity index (χ2v) is 9.82. The van der Waals surface area contributed by atoms with E-state index in [9.17, 15) is 8.42 Å². The van der Waals surface area contributed by atoms with Crippen molar-refractivity contribution in [3.63, 3.8) is 0 Å². The molecule has 3 rings (SSSR count). The van der Waals surface area contributed by atoms with E-state index in [2.05, 4.69) is 49.5 Å². The Morgan fingerprint density at radius 1 is 1.10 bits per heavy atom. The van der Waals surface area contributed by atoms with Crippen LogP contribution in [0.2, 0.25) is 0 Å². The maximum absolute atomic E-state index is 12.1. The first-order valence-corrected chi connectivity index (χ1v) is 12.2. The molecular weight excluding hydrogens is 406 g/mol. The van der Waals surface area contributed by atoms with E-state index in [-0.39, 0.29) is 12.6 Å². The minimum atomic E-state index is -3.43. The number of sulfonamides is 1. The van der Waals surface area contributed by atoms with E-state index >= 15 is 0 Å². The number of aliphatic imine (C=N–C) groups is 1. The monoisotopic (exact) mass is 435 g/mol. The van der Waals surface area contributed by atoms with Crippen LogP contribution in [-0.4, -0.2) is 59.0 Å². The molecule has 158 valence electrons. The van der Waals surface area contributed by atoms with E-state index in [1.807, 2.05) is 6.07 Å². The SMILES string of the molecule is CN=C(NCCNS(=O)(=O)c1cccs1)NCC(c1ccccc1)N1CCCC1. The van der Waals surface area contributed by atoms with Crippen molar-refractivity contribution >= 4 is 27.3 Å². The molecule has 7 nitrogen and oxygen atoms in total. The van der Waals surface area contributed by atoms with Crippen molar-refractivity contribution in [3.8, 4) is 0 Å². The minimum absolute atomic E-state index is 0.287. The lowest BCUT2D eigenvalue weighted by Crippen LogP contribution is -2.44. The van der Waals surface area contributed by atoms with Crippen LogP contribution in [0.3, 0.4) is 0 Å². The molecule has 1 atom stereocenters. The smallest absolute Gasteiger partial charge is 0.250 e. The van der Waals surface area contributed by atoms with Gasteiger partial charge in [0.25, 0.3) is 0 Å². The molecule has 0 aliphatic carbocycles. The fraction of sp³-hybridized carbons (Fsp3) is 0.450. The highest BCUT2D eigenvalue weighted by atomic mass is 32.2. The summed E-state index contributed by atoms with van der Waals surface area (Å²) in [5, 5.41) is 8.33. The Morgan fingerprint density at radius 3 is 2.52 bits per heavy atom. The van der Waals surface area contributed by atoms with Crippen LogP contribution >= 0.6 is 11.3 Å². The van der Waals surface area contributed by atoms with Gasteiger partial charge in [-0.05, 0) is 42.9 Å². The molecule has 0 bridgehead atoms. The molecule has 29 heavy (non-hydrogen) atoms. The van der Waals surface area contributed by atoms with E-state index in [0.29, 0.717) is 16.7 Å². The minimum Gasteiger partial charge on any atom is -0.355 e. The van der Waals surface area contributed by atoms with Crippen molar-refractivity contribution in [3.05, 3.63) is 53.4 Å². The van der Waals surface area contributed by atoms with Gasteiger partial charge in [-0.15, -0.1) is 11.3 Å². The number of rotatable bonds is 9. The van der Waals surface area contributed by atoms with E-state index in [0.717, 1.165) is 19.6 Å². The van der Waals surface area contributed by atoms with Gasteiger partial charge in [-0.3, -0.25) is 9.89 Å². The van der Waals surface area contributed by atoms with Crippen LogP contribution < -0.4 is 15.4 Å². The van der Waals surface area contributed by atoms with Crippen LogP contribution in [0, 0.1) is 0 Å². The first-order chi connectivity index (χ1) is 14.1. The molecule has 1 aromatic heterocycles. The third-order valence-electron chi connectivity index (χ3n) is 4.92. The fourth-order valence-electron chi connectivity index (χ4n) is 3.45. The van der Waals surface area contributed by atoms with E-state index < -0.39 is 10.0 Å². The summed E-state index contributed by atoms with van der Waals surface area (Å²) in [5.41, 5.74) is 1.29. The van der Waals surface area contributed by atoms with Gasteiger partial charge < -0.3 is 10.6 Å². The quantitative estimate of drug-likeness (QED) is 0.319. The van der Waals surface area contributed by atoms with Gasteiger partial charge in [0.2, 0.25) is 10.0 Å². The van der Waals surface area contributed by atoms with E-state index in [1.165, 1.54) is 29.7 Å². The summed E-state index contributed by atoms with van der Waals surface area (Å²) in [6.07, 6.45) is 2.47. The molecule has 2 aromatic rings. The Kier molecular flexibility index (Phi) is 8.05. The summed E-state index contributed by atoms with van der Waals surface area (Å²) < 4.78 is 27.2. The van der Waals surface area contributed by atoms with Crippen LogP contribution in [0.1, 0.15) is 24.4 Å². The second-order valence-electron chi connectivity index (χ2n) is 6.88. The zero-order chi connectivity index (χ0) is 20.5. The van der Waals surface area contributed by atoms with Gasteiger partial charge in [-0.25, -0.2) is 13.1 Å². The summed E-state index contributed by atoms with van der Waals surface area (Å²) in [6, 6.07) is 14.1. The molecule has 1 unspecified atom stereocenters. The lowest BCUT2D eigenvalue weighted by atomic mass is 10.1. The van der Waals surface area contributed by atoms with Crippen LogP contribution in [0.4, 0.5) is 0 Å². The maximum atomic E-state index is 12.1. The molecule has 2 heterocycles. The van der Waals surface area contributed by atoms with Gasteiger partial charge in [-0.1, -0.05) is 36.4 Å². The van der Waals surface area contributed by atoms with Gasteiger partial charge in [-0.2, -0.15) is 0 Å². The Labute approximate surface area is 177 Å². The lowest BCUT2D eigenvalue weighted by molar-refractivity contribution is 0.245. The predicted molar refractivity (Wildman–Crippen MR) is 119 cm³/mol. The molecule has 1 saturated heterocycles. The van der Waals surface area contributed by atoms with Gasteiger partial charge in [0.15, 0.2) is 5.96 Å². The highest BCUT2D eigenvalue weighted by molar-refractivity contribution is 7.91. The van der Waals surface area contributed by atoms with Crippen molar-refractivity contribution in [2.75, 3.05) is 39.8 Å². The molecule has 0 spiro atoms. The van der Waals surface area contributed by atoms with Crippen molar-refractivity contribution in [2.24, 2.45) is 4.99 Å². The fourth-order valence-corrected chi connectivity index (χ4v) is 5.52. The zero-order valence-corrected chi connectivity index (χ0v) is 18.3. The number of thiophene rings is 1. The molecule has 1 aliphatic rings. The third-order valence-corrected chi connectivity index (χ3v) is 7.78. The molecule has 1 aliphatic heterocycles. The van der Waals surface area contributed by atoms with Crippen molar-refractivity contribution in [2.45, 2.75) is 23.1 Å². The molecule has 9 heteroatoms. The first kappa shape index (κ1) is 21.8. The summed E-state index contributed by atoms with van der Waals surface area (Å²) in [5.74, 6) is 0.667. The van der Waals surface area contributed by atoms with Crippen LogP contribution in [0.15, 0.2) is 57.0 Å². The number of likely N-dealkylation sites (tertiary alicyclic amines) is 1. The highest BCUT2D eigenvalue weighted by Gasteiger charge is 2.23. The van der Waals surface area contributed by atoms with Crippen LogP contribution in [0.5, 0.6) is 0 Å². The molecular formula is C20H29N5O2S2. The van der Waals surface area contributed by atoms with Crippen molar-refractivity contribution in [1.29, 1.82) is 0 Å². The predicted octanol–water partition coefficient (Wildman–Crippen LogP) is 2.03. The zero-order valence-electron chi connectivity index (χ0n) is 16.7. The number of hydrogen-bond donors (Lipinski definition) is 3. The van der Waals surface area contributed by atoms with Gasteiger partial charge in [0.05, 0.1) is 6.04 Å². The molecule has 0 saturated carbocycles. The van der Waals surface area contributed by atoms with Crippen LogP contribution in [0.25, 0.3) is 0 Å². The molecule has 0 amide bonds. The van der Waals surface area contributed by atoms with Crippen LogP contribution in [-0.2, 0) is 10.0 Å². The Balaban J connectivity index is 1.48. The largest absolute Gasteiger partial charge is 0.355 e. The maximum Gasteiger partial charge on any atom is 0.250 e. The molecule has 3 N–H and O–H groups in total. The summed E-state index contributed by atoms with van der Waals surface area (Å²) in [7, 11) is -1.71. The molecule has 0 radical (unpaired) electrons. The Hall–Kier alpha value is -1.94. The van der Waals surface area contributed by atoms with E-state index in [1.54, 1.807) is 24.6 Å². The van der Waals surface area contributed by atoms with Gasteiger partial charge in [0, 0.05) is 26.7 Å². The summed E-state index contributed by atoms with van der Waals surface area (Å²) >= 11 is 1.21. The number of nitrogens with one attached hydrogen (secondary N) is 3. The second kappa shape index (κ2) is 10.7. The number of hydrogen-bond acceptors (Lipinski definition) is 5.